The maximum absolute atomic E-state index is 10.9. The highest BCUT2D eigenvalue weighted by molar-refractivity contribution is 5.18. The first-order valence-electron chi connectivity index (χ1n) is 9.10. The summed E-state index contributed by atoms with van der Waals surface area (Å²) in [5.74, 6) is 1.65. The van der Waals surface area contributed by atoms with Crippen molar-refractivity contribution < 1.29 is 15.3 Å². The molecule has 0 aromatic carbocycles. The zero-order valence-corrected chi connectivity index (χ0v) is 13.8. The molecule has 0 spiro atoms. The Morgan fingerprint density at radius 1 is 0.955 bits per heavy atom. The Bertz CT molecular complexity index is 489. The zero-order chi connectivity index (χ0) is 15.7. The minimum absolute atomic E-state index is 0.00321. The molecule has 0 radical (unpaired) electrons. The molecule has 3 heteroatoms. The van der Waals surface area contributed by atoms with Crippen LogP contribution in [0.25, 0.3) is 0 Å². The van der Waals surface area contributed by atoms with Crippen LogP contribution in [0.5, 0.6) is 0 Å². The Kier molecular flexibility index (Phi) is 3.32. The van der Waals surface area contributed by atoms with Crippen LogP contribution in [0.15, 0.2) is 12.2 Å². The van der Waals surface area contributed by atoms with Gasteiger partial charge in [0.1, 0.15) is 0 Å². The van der Waals surface area contributed by atoms with E-state index in [1.807, 2.05) is 6.08 Å². The maximum atomic E-state index is 10.9. The van der Waals surface area contributed by atoms with E-state index in [0.29, 0.717) is 23.7 Å². The van der Waals surface area contributed by atoms with Crippen molar-refractivity contribution in [3.63, 3.8) is 0 Å². The van der Waals surface area contributed by atoms with Gasteiger partial charge in [0, 0.05) is 0 Å². The van der Waals surface area contributed by atoms with Gasteiger partial charge in [-0.05, 0) is 73.0 Å². The van der Waals surface area contributed by atoms with Gasteiger partial charge in [0.15, 0.2) is 0 Å². The van der Waals surface area contributed by atoms with Crippen molar-refractivity contribution in [1.82, 2.24) is 0 Å². The van der Waals surface area contributed by atoms with Gasteiger partial charge in [-0.1, -0.05) is 26.0 Å². The molecule has 0 aromatic heterocycles. The number of aliphatic hydroxyl groups excluding tert-OH is 3. The van der Waals surface area contributed by atoms with Crippen molar-refractivity contribution in [2.45, 2.75) is 70.7 Å². The van der Waals surface area contributed by atoms with Crippen LogP contribution in [0.2, 0.25) is 0 Å². The Morgan fingerprint density at radius 3 is 2.50 bits per heavy atom. The van der Waals surface area contributed by atoms with E-state index in [0.717, 1.165) is 38.5 Å². The molecule has 0 aliphatic heterocycles. The highest BCUT2D eigenvalue weighted by atomic mass is 16.3. The fraction of sp³-hybridized carbons (Fsp3) is 0.895. The fourth-order valence-electron chi connectivity index (χ4n) is 6.73. The number of allylic oxidation sites excluding steroid dienone is 1. The smallest absolute Gasteiger partial charge is 0.0724 e. The monoisotopic (exact) mass is 306 g/mol. The number of rotatable bonds is 0. The van der Waals surface area contributed by atoms with Crippen molar-refractivity contribution in [3.8, 4) is 0 Å². The summed E-state index contributed by atoms with van der Waals surface area (Å²) < 4.78 is 0. The molecule has 0 aromatic rings. The average molecular weight is 306 g/mol. The van der Waals surface area contributed by atoms with Gasteiger partial charge in [-0.15, -0.1) is 0 Å². The summed E-state index contributed by atoms with van der Waals surface area (Å²) >= 11 is 0. The lowest BCUT2D eigenvalue weighted by Crippen LogP contribution is -2.57. The molecule has 9 atom stereocenters. The van der Waals surface area contributed by atoms with E-state index >= 15 is 0 Å². The molecule has 124 valence electrons. The average Bonchev–Trinajstić information content (AvgIpc) is 2.77. The topological polar surface area (TPSA) is 60.7 Å². The molecule has 0 saturated heterocycles. The van der Waals surface area contributed by atoms with Crippen LogP contribution in [-0.2, 0) is 0 Å². The molecule has 3 saturated carbocycles. The van der Waals surface area contributed by atoms with E-state index in [-0.39, 0.29) is 29.1 Å². The number of aliphatic hydroxyl groups is 3. The lowest BCUT2D eigenvalue weighted by Gasteiger charge is -2.60. The zero-order valence-electron chi connectivity index (χ0n) is 13.8. The number of hydrogen-bond acceptors (Lipinski definition) is 3. The molecule has 3 fully saturated rings. The fourth-order valence-corrected chi connectivity index (χ4v) is 6.73. The molecule has 4 aliphatic carbocycles. The van der Waals surface area contributed by atoms with Gasteiger partial charge in [0.25, 0.3) is 0 Å². The first-order chi connectivity index (χ1) is 10.4. The van der Waals surface area contributed by atoms with E-state index in [1.54, 1.807) is 0 Å². The van der Waals surface area contributed by atoms with Crippen LogP contribution >= 0.6 is 0 Å². The van der Waals surface area contributed by atoms with Crippen LogP contribution < -0.4 is 0 Å². The Balaban J connectivity index is 1.71. The highest BCUT2D eigenvalue weighted by Crippen LogP contribution is 2.65. The summed E-state index contributed by atoms with van der Waals surface area (Å²) in [7, 11) is 0. The van der Waals surface area contributed by atoms with Crippen LogP contribution in [0.4, 0.5) is 0 Å². The first kappa shape index (κ1) is 15.2. The second kappa shape index (κ2) is 4.81. The molecule has 1 unspecified atom stereocenters. The summed E-state index contributed by atoms with van der Waals surface area (Å²) in [6, 6.07) is 0. The minimum Gasteiger partial charge on any atom is -0.393 e. The van der Waals surface area contributed by atoms with Gasteiger partial charge >= 0.3 is 0 Å². The summed E-state index contributed by atoms with van der Waals surface area (Å²) in [5, 5.41) is 31.3. The number of hydrogen-bond donors (Lipinski definition) is 3. The standard InChI is InChI=1S/C19H30O3/c1-18-7-5-12(20)9-11(18)10-15(21)17-13-3-4-16(22)19(13,2)8-6-14(17)18/h5,7,11-17,20-22H,3-4,6,8-10H2,1-2H3/t11?,12-,13-,14-,15-,16+,17-,18-,19-/m0/s1. The number of fused-ring (bicyclic) bond motifs is 5. The molecule has 4 rings (SSSR count). The van der Waals surface area contributed by atoms with Crippen LogP contribution in [-0.4, -0.2) is 33.6 Å². The normalized spacial score (nSPS) is 60.5. The molecule has 22 heavy (non-hydrogen) atoms. The molecule has 0 amide bonds. The van der Waals surface area contributed by atoms with E-state index in [9.17, 15) is 15.3 Å². The summed E-state index contributed by atoms with van der Waals surface area (Å²) in [4.78, 5) is 0. The van der Waals surface area contributed by atoms with Gasteiger partial charge < -0.3 is 15.3 Å². The molecule has 3 nitrogen and oxygen atoms in total. The van der Waals surface area contributed by atoms with E-state index in [2.05, 4.69) is 19.9 Å². The Labute approximate surface area is 133 Å². The molecular formula is C19H30O3. The highest BCUT2D eigenvalue weighted by Gasteiger charge is 2.61. The van der Waals surface area contributed by atoms with Crippen molar-refractivity contribution in [2.24, 2.45) is 34.5 Å². The predicted octanol–water partition coefficient (Wildman–Crippen LogP) is 2.50. The van der Waals surface area contributed by atoms with E-state index in [1.165, 1.54) is 0 Å². The van der Waals surface area contributed by atoms with Crippen molar-refractivity contribution in [3.05, 3.63) is 12.2 Å². The molecule has 0 heterocycles. The Hall–Kier alpha value is -0.380. The second-order valence-corrected chi connectivity index (χ2v) is 8.96. The molecule has 0 bridgehead atoms. The van der Waals surface area contributed by atoms with Crippen LogP contribution in [0, 0.1) is 34.5 Å². The maximum Gasteiger partial charge on any atom is 0.0724 e. The van der Waals surface area contributed by atoms with Gasteiger partial charge in [-0.3, -0.25) is 0 Å². The van der Waals surface area contributed by atoms with Crippen molar-refractivity contribution in [2.75, 3.05) is 0 Å². The molecular weight excluding hydrogens is 276 g/mol. The third-order valence-electron chi connectivity index (χ3n) is 8.14. The minimum atomic E-state index is -0.344. The Morgan fingerprint density at radius 2 is 1.73 bits per heavy atom. The SMILES string of the molecule is C[C@]12CC[C@H]3[C@@H]([C@@H](O)CC4C[C@@H](O)C=C[C@@]43C)[C@@H]1CC[C@H]2O. The largest absolute Gasteiger partial charge is 0.393 e. The van der Waals surface area contributed by atoms with E-state index < -0.39 is 0 Å². The summed E-state index contributed by atoms with van der Waals surface area (Å²) in [6.07, 6.45) is 9.14. The van der Waals surface area contributed by atoms with Crippen molar-refractivity contribution >= 4 is 0 Å². The van der Waals surface area contributed by atoms with Gasteiger partial charge in [-0.25, -0.2) is 0 Å². The molecule has 4 aliphatic rings. The van der Waals surface area contributed by atoms with Crippen LogP contribution in [0.1, 0.15) is 52.4 Å². The van der Waals surface area contributed by atoms with Gasteiger partial charge in [0.05, 0.1) is 18.3 Å². The third-order valence-corrected chi connectivity index (χ3v) is 8.14. The van der Waals surface area contributed by atoms with Crippen LogP contribution in [0.3, 0.4) is 0 Å². The molecule has 3 N–H and O–H groups in total. The van der Waals surface area contributed by atoms with E-state index in [4.69, 9.17) is 0 Å². The summed E-state index contributed by atoms with van der Waals surface area (Å²) in [6.45, 7) is 4.59. The summed E-state index contributed by atoms with van der Waals surface area (Å²) in [5.41, 5.74) is 0.112. The lowest BCUT2D eigenvalue weighted by molar-refractivity contribution is -0.150. The van der Waals surface area contributed by atoms with Gasteiger partial charge in [-0.2, -0.15) is 0 Å². The lowest BCUT2D eigenvalue weighted by atomic mass is 9.45. The predicted molar refractivity (Wildman–Crippen MR) is 85.0 cm³/mol. The quantitative estimate of drug-likeness (QED) is 0.603. The third kappa shape index (κ3) is 1.85. The van der Waals surface area contributed by atoms with Crippen molar-refractivity contribution in [1.29, 1.82) is 0 Å². The second-order valence-electron chi connectivity index (χ2n) is 8.96. The first-order valence-corrected chi connectivity index (χ1v) is 9.10. The van der Waals surface area contributed by atoms with Gasteiger partial charge in [0.2, 0.25) is 0 Å².